The predicted octanol–water partition coefficient (Wildman–Crippen LogP) is 6.81. The van der Waals surface area contributed by atoms with Gasteiger partial charge in [0, 0.05) is 45.0 Å². The number of nitrogens with one attached hydrogen (secondary N) is 1. The highest BCUT2D eigenvalue weighted by molar-refractivity contribution is 8.24. The van der Waals surface area contributed by atoms with Gasteiger partial charge >= 0.3 is 12.3 Å². The standard InChI is InChI=1S/C29H36F3N7O5S2/c1-28(2,3)44-27(41)38-9-7-17(8-10-38)39-15-19(22(36-39)16-5-6-16)34-26-33-14-18(29(30,31)32)23(35-26)20-13-21-24(45-20)25(40)37(4)11-12-46(21,42)43/h13-17,42-43H,5-12H2,1-4H3,(H,33,34,35). The lowest BCUT2D eigenvalue weighted by Gasteiger charge is -2.33. The zero-order chi connectivity index (χ0) is 33.2. The number of hydrogen-bond donors (Lipinski definition) is 3. The number of hydrogen-bond acceptors (Lipinski definition) is 10. The van der Waals surface area contributed by atoms with E-state index < -0.39 is 39.5 Å². The van der Waals surface area contributed by atoms with Crippen molar-refractivity contribution in [1.29, 1.82) is 0 Å². The first kappa shape index (κ1) is 32.5. The number of halogens is 3. The van der Waals surface area contributed by atoms with Crippen molar-refractivity contribution in [3.63, 3.8) is 0 Å². The van der Waals surface area contributed by atoms with Gasteiger partial charge in [0.1, 0.15) is 16.0 Å². The second-order valence-electron chi connectivity index (χ2n) is 12.9. The molecule has 0 radical (unpaired) electrons. The molecule has 1 saturated heterocycles. The van der Waals surface area contributed by atoms with E-state index in [0.29, 0.717) is 37.8 Å². The minimum atomic E-state index is -4.81. The molecule has 5 heterocycles. The van der Waals surface area contributed by atoms with Gasteiger partial charge in [-0.15, -0.1) is 11.3 Å². The summed E-state index contributed by atoms with van der Waals surface area (Å²) in [5.41, 5.74) is -0.818. The minimum absolute atomic E-state index is 0.00717. The SMILES string of the molecule is CN1CCS(O)(O)c2cc(-c3nc(Nc4cn(C5CCN(C(=O)OC(C)(C)C)CC5)nc4C4CC4)ncc3C(F)(F)F)sc2C1=O. The maximum atomic E-state index is 14.2. The number of anilines is 2. The summed E-state index contributed by atoms with van der Waals surface area (Å²) in [4.78, 5) is 36.6. The summed E-state index contributed by atoms with van der Waals surface area (Å²) in [7, 11) is -1.90. The van der Waals surface area contributed by atoms with E-state index in [9.17, 15) is 31.9 Å². The lowest BCUT2D eigenvalue weighted by Crippen LogP contribution is -2.42. The quantitative estimate of drug-likeness (QED) is 0.264. The lowest BCUT2D eigenvalue weighted by atomic mass is 10.1. The van der Waals surface area contributed by atoms with Gasteiger partial charge < -0.3 is 19.9 Å². The monoisotopic (exact) mass is 683 g/mol. The highest BCUT2D eigenvalue weighted by Gasteiger charge is 2.39. The smallest absolute Gasteiger partial charge is 0.420 e. The molecule has 6 rings (SSSR count). The highest BCUT2D eigenvalue weighted by atomic mass is 32.3. The fraction of sp³-hybridized carbons (Fsp3) is 0.552. The summed E-state index contributed by atoms with van der Waals surface area (Å²) < 4.78 is 71.3. The van der Waals surface area contributed by atoms with E-state index >= 15 is 0 Å². The Labute approximate surface area is 269 Å². The Morgan fingerprint density at radius 3 is 2.46 bits per heavy atom. The van der Waals surface area contributed by atoms with Crippen LogP contribution in [-0.2, 0) is 10.9 Å². The molecule has 2 amide bonds. The number of alkyl halides is 3. The third kappa shape index (κ3) is 6.68. The number of thiophene rings is 1. The fourth-order valence-electron chi connectivity index (χ4n) is 5.48. The molecular weight excluding hydrogens is 647 g/mol. The van der Waals surface area contributed by atoms with Crippen molar-refractivity contribution in [3.8, 4) is 10.6 Å². The summed E-state index contributed by atoms with van der Waals surface area (Å²) in [5, 5.41) is 7.91. The minimum Gasteiger partial charge on any atom is -0.444 e. The van der Waals surface area contributed by atoms with Crippen LogP contribution in [0.3, 0.4) is 0 Å². The van der Waals surface area contributed by atoms with Crippen LogP contribution < -0.4 is 5.32 Å². The molecule has 0 bridgehead atoms. The molecule has 17 heteroatoms. The number of aromatic nitrogens is 4. The fourth-order valence-corrected chi connectivity index (χ4v) is 8.57. The first-order valence-electron chi connectivity index (χ1n) is 14.9. The zero-order valence-electron chi connectivity index (χ0n) is 25.8. The maximum Gasteiger partial charge on any atom is 0.420 e. The summed E-state index contributed by atoms with van der Waals surface area (Å²) in [6, 6.07) is 1.23. The van der Waals surface area contributed by atoms with Crippen LogP contribution in [0.2, 0.25) is 0 Å². The van der Waals surface area contributed by atoms with Crippen LogP contribution in [0.4, 0.5) is 29.6 Å². The van der Waals surface area contributed by atoms with E-state index in [1.54, 1.807) is 11.1 Å². The third-order valence-corrected chi connectivity index (χ3v) is 11.1. The molecular formula is C29H36F3N7O5S2. The molecule has 1 aliphatic carbocycles. The Hall–Kier alpha value is -3.41. The molecule has 12 nitrogen and oxygen atoms in total. The van der Waals surface area contributed by atoms with Gasteiger partial charge in [-0.05, 0) is 52.5 Å². The van der Waals surface area contributed by atoms with Gasteiger partial charge in [-0.1, -0.05) is 0 Å². The Kier molecular flexibility index (Phi) is 8.26. The van der Waals surface area contributed by atoms with Crippen LogP contribution in [0.15, 0.2) is 23.4 Å². The summed E-state index contributed by atoms with van der Waals surface area (Å²) >= 11 is 0.745. The Balaban J connectivity index is 1.28. The Morgan fingerprint density at radius 2 is 1.83 bits per heavy atom. The van der Waals surface area contributed by atoms with Gasteiger partial charge in [-0.25, -0.2) is 14.8 Å². The number of nitrogens with zero attached hydrogens (tertiary/aromatic N) is 6. The molecule has 3 aliphatic rings. The van der Waals surface area contributed by atoms with Gasteiger partial charge in [-0.2, -0.15) is 28.9 Å². The van der Waals surface area contributed by atoms with E-state index in [-0.39, 0.29) is 50.9 Å². The molecule has 250 valence electrons. The number of carbonyl (C=O) groups excluding carboxylic acids is 2. The van der Waals surface area contributed by atoms with Gasteiger partial charge in [0.2, 0.25) is 5.95 Å². The molecule has 0 unspecified atom stereocenters. The van der Waals surface area contributed by atoms with E-state index in [1.165, 1.54) is 18.0 Å². The average molecular weight is 684 g/mol. The molecule has 3 N–H and O–H groups in total. The molecule has 1 saturated carbocycles. The van der Waals surface area contributed by atoms with Crippen molar-refractivity contribution in [3.05, 3.63) is 34.6 Å². The van der Waals surface area contributed by atoms with Gasteiger partial charge in [0.25, 0.3) is 5.91 Å². The van der Waals surface area contributed by atoms with E-state index in [2.05, 4.69) is 15.3 Å². The summed E-state index contributed by atoms with van der Waals surface area (Å²) in [6.45, 7) is 6.57. The highest BCUT2D eigenvalue weighted by Crippen LogP contribution is 2.55. The van der Waals surface area contributed by atoms with Crippen molar-refractivity contribution in [2.75, 3.05) is 37.8 Å². The molecule has 46 heavy (non-hydrogen) atoms. The van der Waals surface area contributed by atoms with Crippen LogP contribution in [0.25, 0.3) is 10.6 Å². The maximum absolute atomic E-state index is 14.2. The van der Waals surface area contributed by atoms with Crippen molar-refractivity contribution in [2.24, 2.45) is 0 Å². The second kappa shape index (κ2) is 11.7. The van der Waals surface area contributed by atoms with Gasteiger partial charge in [-0.3, -0.25) is 18.6 Å². The van der Waals surface area contributed by atoms with E-state index in [4.69, 9.17) is 9.84 Å². The normalized spacial score (nSPS) is 19.9. The van der Waals surface area contributed by atoms with Crippen LogP contribution in [-0.4, -0.2) is 88.7 Å². The average Bonchev–Trinajstić information content (AvgIpc) is 3.58. The van der Waals surface area contributed by atoms with Crippen LogP contribution >= 0.6 is 21.9 Å². The number of ether oxygens (including phenoxy) is 1. The molecule has 3 aromatic heterocycles. The molecule has 2 aliphatic heterocycles. The second-order valence-corrected chi connectivity index (χ2v) is 16.1. The largest absolute Gasteiger partial charge is 0.444 e. The topological polar surface area (TPSA) is 146 Å². The van der Waals surface area contributed by atoms with Crippen molar-refractivity contribution in [1.82, 2.24) is 29.5 Å². The molecule has 0 atom stereocenters. The van der Waals surface area contributed by atoms with Gasteiger partial charge in [0.15, 0.2) is 0 Å². The number of rotatable bonds is 5. The first-order chi connectivity index (χ1) is 21.5. The Bertz CT molecular complexity index is 1660. The van der Waals surface area contributed by atoms with E-state index in [1.807, 2.05) is 25.5 Å². The van der Waals surface area contributed by atoms with Gasteiger partial charge in [0.05, 0.1) is 38.6 Å². The zero-order valence-corrected chi connectivity index (χ0v) is 27.4. The number of piperidine rings is 1. The molecule has 2 fully saturated rings. The van der Waals surface area contributed by atoms with Crippen LogP contribution in [0.1, 0.15) is 79.3 Å². The summed E-state index contributed by atoms with van der Waals surface area (Å²) in [5.74, 6) is -0.513. The third-order valence-electron chi connectivity index (χ3n) is 8.09. The van der Waals surface area contributed by atoms with E-state index in [0.717, 1.165) is 29.9 Å². The lowest BCUT2D eigenvalue weighted by molar-refractivity contribution is -0.137. The molecule has 3 aromatic rings. The first-order valence-corrected chi connectivity index (χ1v) is 17.5. The van der Waals surface area contributed by atoms with Crippen molar-refractivity contribution >= 4 is 45.6 Å². The number of likely N-dealkylation sites (tertiary alicyclic amines) is 1. The summed E-state index contributed by atoms with van der Waals surface area (Å²) in [6.07, 6.45) is 0.495. The number of fused-ring (bicyclic) bond motifs is 1. The predicted molar refractivity (Wildman–Crippen MR) is 167 cm³/mol. The van der Waals surface area contributed by atoms with Crippen molar-refractivity contribution < 1.29 is 36.6 Å². The van der Waals surface area contributed by atoms with Crippen molar-refractivity contribution in [2.45, 2.75) is 75.1 Å². The molecule has 0 aromatic carbocycles. The van der Waals surface area contributed by atoms with Crippen LogP contribution in [0.5, 0.6) is 0 Å². The van der Waals surface area contributed by atoms with Crippen LogP contribution in [0, 0.1) is 0 Å². The molecule has 0 spiro atoms. The number of amides is 2. The Morgan fingerprint density at radius 1 is 1.13 bits per heavy atom. The number of carbonyl (C=O) groups is 2.